The van der Waals surface area contributed by atoms with Gasteiger partial charge in [0.2, 0.25) is 0 Å². The summed E-state index contributed by atoms with van der Waals surface area (Å²) in [5.74, 6) is 2.35. The van der Waals surface area contributed by atoms with Crippen molar-refractivity contribution in [3.05, 3.63) is 103 Å². The highest BCUT2D eigenvalue weighted by Gasteiger charge is 2.11. The highest BCUT2D eigenvalue weighted by molar-refractivity contribution is 7.75. The van der Waals surface area contributed by atoms with Gasteiger partial charge in [-0.25, -0.2) is 0 Å². The minimum absolute atomic E-state index is 0.511. The monoisotopic (exact) mass is 317 g/mol. The molecule has 0 aromatic heterocycles. The highest BCUT2D eigenvalue weighted by atomic mass is 31.1. The second kappa shape index (κ2) is 7.76. The van der Waals surface area contributed by atoms with Crippen molar-refractivity contribution < 1.29 is 0 Å². The fourth-order valence-electron chi connectivity index (χ4n) is 2.45. The van der Waals surface area contributed by atoms with E-state index >= 15 is 0 Å². The van der Waals surface area contributed by atoms with E-state index in [1.54, 1.807) is 0 Å². The molecule has 2 heteroatoms. The Labute approximate surface area is 139 Å². The maximum atomic E-state index is 3.49. The summed E-state index contributed by atoms with van der Waals surface area (Å²) < 4.78 is 0. The minimum Gasteiger partial charge on any atom is -0.359 e. The van der Waals surface area contributed by atoms with Crippen LogP contribution in [0.15, 0.2) is 103 Å². The number of anilines is 1. The summed E-state index contributed by atoms with van der Waals surface area (Å²) in [5.41, 5.74) is 2.30. The van der Waals surface area contributed by atoms with Crippen LogP contribution in [0, 0.1) is 0 Å². The predicted octanol–water partition coefficient (Wildman–Crippen LogP) is 5.09. The van der Waals surface area contributed by atoms with E-state index in [9.17, 15) is 0 Å². The van der Waals surface area contributed by atoms with Gasteiger partial charge in [0, 0.05) is 11.4 Å². The van der Waals surface area contributed by atoms with E-state index in [1.807, 2.05) is 18.2 Å². The van der Waals surface area contributed by atoms with Crippen molar-refractivity contribution in [3.8, 4) is 0 Å². The van der Waals surface area contributed by atoms with Crippen molar-refractivity contribution in [2.45, 2.75) is 6.92 Å². The molecular formula is C21H20NP. The molecule has 1 nitrogen and oxygen atoms in total. The Morgan fingerprint density at radius 3 is 1.61 bits per heavy atom. The molecule has 1 N–H and O–H groups in total. The molecule has 114 valence electrons. The number of rotatable bonds is 5. The molecule has 3 aromatic rings. The molecule has 0 radical (unpaired) electrons. The maximum absolute atomic E-state index is 3.49. The summed E-state index contributed by atoms with van der Waals surface area (Å²) in [5, 5.41) is 6.22. The van der Waals surface area contributed by atoms with Gasteiger partial charge in [0.1, 0.15) is 0 Å². The van der Waals surface area contributed by atoms with Crippen LogP contribution in [0.5, 0.6) is 0 Å². The Morgan fingerprint density at radius 2 is 1.13 bits per heavy atom. The van der Waals surface area contributed by atoms with E-state index < -0.39 is 7.92 Å². The van der Waals surface area contributed by atoms with Crippen molar-refractivity contribution in [1.29, 1.82) is 0 Å². The number of benzene rings is 3. The fourth-order valence-corrected chi connectivity index (χ4v) is 4.49. The molecule has 3 rings (SSSR count). The second-order valence-electron chi connectivity index (χ2n) is 5.34. The summed E-state index contributed by atoms with van der Waals surface area (Å²) in [6.45, 7) is 2.13. The normalized spacial score (nSPS) is 11.5. The molecule has 0 amide bonds. The van der Waals surface area contributed by atoms with Crippen molar-refractivity contribution >= 4 is 24.2 Å². The van der Waals surface area contributed by atoms with Crippen molar-refractivity contribution in [2.75, 3.05) is 5.32 Å². The first-order chi connectivity index (χ1) is 11.3. The van der Waals surface area contributed by atoms with Crippen LogP contribution in [0.4, 0.5) is 5.69 Å². The summed E-state index contributed by atoms with van der Waals surface area (Å²) in [6.07, 6.45) is 0. The molecule has 0 saturated heterocycles. The van der Waals surface area contributed by atoms with Crippen LogP contribution in [0.1, 0.15) is 6.92 Å². The predicted molar refractivity (Wildman–Crippen MR) is 103 cm³/mol. The minimum atomic E-state index is -0.511. The lowest BCUT2D eigenvalue weighted by atomic mass is 10.3. The third-order valence-corrected chi connectivity index (χ3v) is 5.86. The van der Waals surface area contributed by atoms with Gasteiger partial charge in [0.15, 0.2) is 0 Å². The maximum Gasteiger partial charge on any atom is 0.0381 e. The van der Waals surface area contributed by atoms with Gasteiger partial charge in [-0.1, -0.05) is 78.9 Å². The molecule has 0 unspecified atom stereocenters. The van der Waals surface area contributed by atoms with Gasteiger partial charge in [-0.2, -0.15) is 0 Å². The molecule has 0 saturated carbocycles. The van der Waals surface area contributed by atoms with Gasteiger partial charge in [-0.15, -0.1) is 0 Å². The molecule has 0 bridgehead atoms. The lowest BCUT2D eigenvalue weighted by Crippen LogP contribution is -2.10. The molecule has 3 aromatic carbocycles. The first-order valence-corrected chi connectivity index (χ1v) is 9.14. The standard InChI is InChI=1S/C21H20NP/c1-18(22-19-11-5-2-6-12-19)17-23(20-13-7-3-8-14-20)21-15-9-4-10-16-21/h2-17,22H,1H3/b18-17+. The van der Waals surface area contributed by atoms with Crippen LogP contribution in [0.3, 0.4) is 0 Å². The Kier molecular flexibility index (Phi) is 5.24. The number of para-hydroxylation sites is 1. The van der Waals surface area contributed by atoms with Crippen LogP contribution in [-0.4, -0.2) is 0 Å². The Hall–Kier alpha value is -2.37. The van der Waals surface area contributed by atoms with Crippen LogP contribution < -0.4 is 15.9 Å². The van der Waals surface area contributed by atoms with E-state index in [-0.39, 0.29) is 0 Å². The molecule has 0 aliphatic rings. The summed E-state index contributed by atoms with van der Waals surface area (Å²) in [4.78, 5) is 0. The molecule has 0 aliphatic heterocycles. The lowest BCUT2D eigenvalue weighted by molar-refractivity contribution is 1.39. The highest BCUT2D eigenvalue weighted by Crippen LogP contribution is 2.36. The van der Waals surface area contributed by atoms with Gasteiger partial charge in [-0.3, -0.25) is 0 Å². The topological polar surface area (TPSA) is 12.0 Å². The number of hydrogen-bond donors (Lipinski definition) is 1. The van der Waals surface area contributed by atoms with Gasteiger partial charge in [0.25, 0.3) is 0 Å². The third kappa shape index (κ3) is 4.31. The van der Waals surface area contributed by atoms with Gasteiger partial charge < -0.3 is 5.32 Å². The van der Waals surface area contributed by atoms with Gasteiger partial charge in [-0.05, 0) is 43.4 Å². The summed E-state index contributed by atoms with van der Waals surface area (Å²) >= 11 is 0. The fraction of sp³-hybridized carbons (Fsp3) is 0.0476. The zero-order valence-electron chi connectivity index (χ0n) is 13.2. The zero-order valence-corrected chi connectivity index (χ0v) is 14.1. The van der Waals surface area contributed by atoms with E-state index in [2.05, 4.69) is 90.9 Å². The molecule has 0 aliphatic carbocycles. The molecule has 0 atom stereocenters. The summed E-state index contributed by atoms with van der Waals surface area (Å²) in [7, 11) is -0.511. The molecule has 23 heavy (non-hydrogen) atoms. The smallest absolute Gasteiger partial charge is 0.0381 e. The van der Waals surface area contributed by atoms with Crippen molar-refractivity contribution in [2.24, 2.45) is 0 Å². The van der Waals surface area contributed by atoms with E-state index in [0.29, 0.717) is 0 Å². The second-order valence-corrected chi connectivity index (χ2v) is 7.38. The Bertz CT molecular complexity index is 712. The number of nitrogens with one attached hydrogen (secondary N) is 1. The first-order valence-electron chi connectivity index (χ1n) is 7.73. The van der Waals surface area contributed by atoms with E-state index in [0.717, 1.165) is 5.69 Å². The first kappa shape index (κ1) is 15.5. The van der Waals surface area contributed by atoms with Crippen LogP contribution in [0.25, 0.3) is 0 Å². The van der Waals surface area contributed by atoms with Crippen LogP contribution >= 0.6 is 7.92 Å². The van der Waals surface area contributed by atoms with E-state index in [4.69, 9.17) is 0 Å². The number of hydrogen-bond acceptors (Lipinski definition) is 1. The number of allylic oxidation sites excluding steroid dienone is 1. The molecule has 0 spiro atoms. The van der Waals surface area contributed by atoms with Gasteiger partial charge in [0.05, 0.1) is 0 Å². The Morgan fingerprint density at radius 1 is 0.696 bits per heavy atom. The molecule has 0 fully saturated rings. The van der Waals surface area contributed by atoms with Crippen LogP contribution in [0.2, 0.25) is 0 Å². The average Bonchev–Trinajstić information content (AvgIpc) is 2.62. The largest absolute Gasteiger partial charge is 0.359 e. The zero-order chi connectivity index (χ0) is 15.9. The SMILES string of the molecule is C/C(=C\P(c1ccccc1)c1ccccc1)Nc1ccccc1. The summed E-state index contributed by atoms with van der Waals surface area (Å²) in [6, 6.07) is 31.7. The van der Waals surface area contributed by atoms with Crippen molar-refractivity contribution in [3.63, 3.8) is 0 Å². The lowest BCUT2D eigenvalue weighted by Gasteiger charge is -2.16. The Balaban J connectivity index is 1.91. The third-order valence-electron chi connectivity index (χ3n) is 3.51. The van der Waals surface area contributed by atoms with Crippen molar-refractivity contribution in [1.82, 2.24) is 0 Å². The quantitative estimate of drug-likeness (QED) is 0.646. The molecule has 0 heterocycles. The van der Waals surface area contributed by atoms with Gasteiger partial charge >= 0.3 is 0 Å². The average molecular weight is 317 g/mol. The van der Waals surface area contributed by atoms with Crippen LogP contribution in [-0.2, 0) is 0 Å². The van der Waals surface area contributed by atoms with E-state index in [1.165, 1.54) is 16.3 Å². The molecular weight excluding hydrogens is 297 g/mol.